The highest BCUT2D eigenvalue weighted by Gasteiger charge is 2.94. The molecule has 2 aliphatic carbocycles. The van der Waals surface area contributed by atoms with Crippen molar-refractivity contribution in [3.05, 3.63) is 0 Å². The molecule has 0 amide bonds. The van der Waals surface area contributed by atoms with E-state index in [9.17, 15) is 24.6 Å². The molecule has 0 bridgehead atoms. The number of ether oxygens (including phenoxy) is 3. The third-order valence-corrected chi connectivity index (χ3v) is 7.74. The molecule has 2 N–H and O–H groups in total. The highest BCUT2D eigenvalue weighted by molar-refractivity contribution is 5.86. The molecular formula is C17H22O8. The average Bonchev–Trinajstić information content (AvgIpc) is 3.00. The lowest BCUT2D eigenvalue weighted by Gasteiger charge is -2.46. The number of carbonyl (C=O) groups is 3. The Hall–Kier alpha value is -1.67. The van der Waals surface area contributed by atoms with Crippen LogP contribution in [0.1, 0.15) is 47.0 Å². The summed E-state index contributed by atoms with van der Waals surface area (Å²) in [5, 5.41) is 22.4. The Balaban J connectivity index is 2.06. The molecule has 1 spiro atoms. The molecule has 2 heterocycles. The monoisotopic (exact) mass is 354 g/mol. The molecule has 0 aromatic rings. The van der Waals surface area contributed by atoms with E-state index in [1.807, 2.05) is 0 Å². The quantitative estimate of drug-likeness (QED) is 0.500. The van der Waals surface area contributed by atoms with E-state index < -0.39 is 57.7 Å². The maximum atomic E-state index is 12.7. The van der Waals surface area contributed by atoms with Gasteiger partial charge in [0.1, 0.15) is 17.1 Å². The SMILES string of the molecule is CC(=O)OC1C2(C)C(=O)OC(O)C2(C)C2(O)CCC3(C)OC(=O)CC132. The van der Waals surface area contributed by atoms with Gasteiger partial charge in [0, 0.05) is 6.92 Å². The van der Waals surface area contributed by atoms with Crippen LogP contribution in [0.3, 0.4) is 0 Å². The molecule has 0 radical (unpaired) electrons. The van der Waals surface area contributed by atoms with E-state index in [4.69, 9.17) is 14.2 Å². The van der Waals surface area contributed by atoms with Crippen molar-refractivity contribution in [2.75, 3.05) is 0 Å². The van der Waals surface area contributed by atoms with Crippen molar-refractivity contribution in [3.63, 3.8) is 0 Å². The fraction of sp³-hybridized carbons (Fsp3) is 0.824. The van der Waals surface area contributed by atoms with Crippen molar-refractivity contribution in [3.8, 4) is 0 Å². The van der Waals surface area contributed by atoms with E-state index >= 15 is 0 Å². The normalized spacial score (nSPS) is 56.1. The molecule has 4 fully saturated rings. The largest absolute Gasteiger partial charge is 0.460 e. The van der Waals surface area contributed by atoms with Crippen molar-refractivity contribution in [2.24, 2.45) is 16.2 Å². The maximum Gasteiger partial charge on any atom is 0.318 e. The van der Waals surface area contributed by atoms with Crippen molar-refractivity contribution in [1.82, 2.24) is 0 Å². The zero-order chi connectivity index (χ0) is 18.6. The molecule has 2 aliphatic heterocycles. The Labute approximate surface area is 144 Å². The fourth-order valence-corrected chi connectivity index (χ4v) is 6.30. The summed E-state index contributed by atoms with van der Waals surface area (Å²) >= 11 is 0. The number of rotatable bonds is 1. The summed E-state index contributed by atoms with van der Waals surface area (Å²) in [5.41, 5.74) is -7.07. The van der Waals surface area contributed by atoms with Crippen LogP contribution in [0, 0.1) is 16.2 Å². The van der Waals surface area contributed by atoms with Crippen LogP contribution >= 0.6 is 0 Å². The van der Waals surface area contributed by atoms with Gasteiger partial charge in [-0.1, -0.05) is 0 Å². The fourth-order valence-electron chi connectivity index (χ4n) is 6.30. The van der Waals surface area contributed by atoms with Gasteiger partial charge in [-0.3, -0.25) is 14.4 Å². The molecule has 4 aliphatic rings. The van der Waals surface area contributed by atoms with Gasteiger partial charge in [-0.25, -0.2) is 0 Å². The molecule has 7 atom stereocenters. The molecular weight excluding hydrogens is 332 g/mol. The summed E-state index contributed by atoms with van der Waals surface area (Å²) in [6, 6.07) is 0. The zero-order valence-corrected chi connectivity index (χ0v) is 14.6. The minimum atomic E-state index is -1.68. The van der Waals surface area contributed by atoms with Gasteiger partial charge < -0.3 is 24.4 Å². The van der Waals surface area contributed by atoms with Gasteiger partial charge in [-0.05, 0) is 33.6 Å². The summed E-state index contributed by atoms with van der Waals surface area (Å²) in [5.74, 6) is -1.92. The first kappa shape index (κ1) is 16.8. The van der Waals surface area contributed by atoms with Crippen LogP contribution in [-0.4, -0.2) is 51.7 Å². The van der Waals surface area contributed by atoms with E-state index in [0.29, 0.717) is 6.42 Å². The second-order valence-electron chi connectivity index (χ2n) is 8.37. The number of aliphatic hydroxyl groups excluding tert-OH is 1. The molecule has 8 nitrogen and oxygen atoms in total. The number of hydrogen-bond donors (Lipinski definition) is 2. The summed E-state index contributed by atoms with van der Waals surface area (Å²) in [6.07, 6.45) is -2.40. The van der Waals surface area contributed by atoms with Crippen molar-refractivity contribution in [1.29, 1.82) is 0 Å². The third kappa shape index (κ3) is 1.33. The van der Waals surface area contributed by atoms with Crippen LogP contribution in [0.2, 0.25) is 0 Å². The highest BCUT2D eigenvalue weighted by atomic mass is 16.7. The second-order valence-corrected chi connectivity index (χ2v) is 8.37. The van der Waals surface area contributed by atoms with Gasteiger partial charge in [0.2, 0.25) is 6.29 Å². The van der Waals surface area contributed by atoms with Gasteiger partial charge in [-0.2, -0.15) is 0 Å². The summed E-state index contributed by atoms with van der Waals surface area (Å²) in [6.45, 7) is 5.98. The molecule has 4 rings (SSSR count). The molecule has 2 saturated heterocycles. The summed E-state index contributed by atoms with van der Waals surface area (Å²) in [7, 11) is 0. The Kier molecular flexibility index (Phi) is 2.80. The van der Waals surface area contributed by atoms with Crippen LogP contribution < -0.4 is 0 Å². The molecule has 2 saturated carbocycles. The van der Waals surface area contributed by atoms with Crippen LogP contribution in [0.4, 0.5) is 0 Å². The number of fused-ring (bicyclic) bond motifs is 2. The second kappa shape index (κ2) is 4.17. The number of carbonyl (C=O) groups excluding carboxylic acids is 3. The highest BCUT2D eigenvalue weighted by Crippen LogP contribution is 2.80. The van der Waals surface area contributed by atoms with Gasteiger partial charge in [0.05, 0.1) is 22.9 Å². The Morgan fingerprint density at radius 3 is 2.48 bits per heavy atom. The Bertz CT molecular complexity index is 719. The van der Waals surface area contributed by atoms with Gasteiger partial charge in [-0.15, -0.1) is 0 Å². The van der Waals surface area contributed by atoms with Crippen molar-refractivity contribution < 1.29 is 38.8 Å². The lowest BCUT2D eigenvalue weighted by atomic mass is 9.61. The van der Waals surface area contributed by atoms with Crippen LogP contribution in [0.25, 0.3) is 0 Å². The first-order valence-electron chi connectivity index (χ1n) is 8.41. The maximum absolute atomic E-state index is 12.7. The molecule has 138 valence electrons. The lowest BCUT2D eigenvalue weighted by Crippen LogP contribution is -2.60. The van der Waals surface area contributed by atoms with Gasteiger partial charge in [0.25, 0.3) is 0 Å². The zero-order valence-electron chi connectivity index (χ0n) is 14.6. The van der Waals surface area contributed by atoms with E-state index in [-0.39, 0.29) is 12.8 Å². The van der Waals surface area contributed by atoms with Crippen LogP contribution in [0.15, 0.2) is 0 Å². The number of aliphatic hydroxyl groups is 2. The molecule has 8 heteroatoms. The van der Waals surface area contributed by atoms with Crippen LogP contribution in [-0.2, 0) is 28.6 Å². The standard InChI is InChI=1S/C17H22O8/c1-8(18)23-10-14(3)11(20)24-12(21)15(14,4)17(22)6-5-13(2)16(10,17)7-9(19)25-13/h10,12,21-22H,5-7H2,1-4H3. The molecule has 7 unspecified atom stereocenters. The summed E-state index contributed by atoms with van der Waals surface area (Å²) in [4.78, 5) is 36.8. The van der Waals surface area contributed by atoms with Crippen molar-refractivity contribution in [2.45, 2.75) is 70.6 Å². The van der Waals surface area contributed by atoms with E-state index in [2.05, 4.69) is 0 Å². The first-order valence-corrected chi connectivity index (χ1v) is 8.41. The number of hydrogen-bond acceptors (Lipinski definition) is 8. The Morgan fingerprint density at radius 1 is 1.24 bits per heavy atom. The molecule has 25 heavy (non-hydrogen) atoms. The van der Waals surface area contributed by atoms with Crippen LogP contribution in [0.5, 0.6) is 0 Å². The average molecular weight is 354 g/mol. The number of esters is 3. The van der Waals surface area contributed by atoms with Gasteiger partial charge in [0.15, 0.2) is 0 Å². The van der Waals surface area contributed by atoms with E-state index in [0.717, 1.165) is 0 Å². The molecule has 0 aromatic heterocycles. The third-order valence-electron chi connectivity index (χ3n) is 7.74. The van der Waals surface area contributed by atoms with E-state index in [1.165, 1.54) is 13.8 Å². The first-order chi connectivity index (χ1) is 11.4. The lowest BCUT2D eigenvalue weighted by molar-refractivity contribution is -0.221. The topological polar surface area (TPSA) is 119 Å². The van der Waals surface area contributed by atoms with E-state index in [1.54, 1.807) is 13.8 Å². The van der Waals surface area contributed by atoms with Gasteiger partial charge >= 0.3 is 17.9 Å². The Morgan fingerprint density at radius 2 is 1.88 bits per heavy atom. The predicted octanol–water partition coefficient (Wildman–Crippen LogP) is 0.0364. The number of cyclic esters (lactones) is 1. The summed E-state index contributed by atoms with van der Waals surface area (Å²) < 4.78 is 16.2. The minimum Gasteiger partial charge on any atom is -0.460 e. The molecule has 0 aromatic carbocycles. The predicted molar refractivity (Wildman–Crippen MR) is 79.6 cm³/mol. The minimum absolute atomic E-state index is 0.189. The van der Waals surface area contributed by atoms with Crippen molar-refractivity contribution >= 4 is 17.9 Å². The smallest absolute Gasteiger partial charge is 0.318 e.